The van der Waals surface area contributed by atoms with Crippen molar-refractivity contribution in [2.24, 2.45) is 5.92 Å². The summed E-state index contributed by atoms with van der Waals surface area (Å²) in [5, 5.41) is 2.97. The van der Waals surface area contributed by atoms with Gasteiger partial charge in [-0.1, -0.05) is 34.6 Å². The molecule has 1 N–H and O–H groups in total. The van der Waals surface area contributed by atoms with Gasteiger partial charge in [0.2, 0.25) is 11.8 Å². The normalized spacial score (nSPS) is 21.8. The van der Waals surface area contributed by atoms with Crippen molar-refractivity contribution in [2.75, 3.05) is 18.1 Å². The highest BCUT2D eigenvalue weighted by Crippen LogP contribution is 2.30. The number of piperazine rings is 1. The largest absolute Gasteiger partial charge is 0.342 e. The van der Waals surface area contributed by atoms with E-state index < -0.39 is 5.54 Å². The molecule has 0 aromatic heterocycles. The molecule has 5 heteroatoms. The molecule has 1 atom stereocenters. The quantitative estimate of drug-likeness (QED) is 0.701. The first kappa shape index (κ1) is 18.3. The Hall–Kier alpha value is -0.710. The zero-order valence-electron chi connectivity index (χ0n) is 14.1. The van der Waals surface area contributed by atoms with Gasteiger partial charge in [-0.15, -0.1) is 0 Å². The lowest BCUT2D eigenvalue weighted by Crippen LogP contribution is -2.70. The van der Waals surface area contributed by atoms with Gasteiger partial charge >= 0.3 is 0 Å². The van der Waals surface area contributed by atoms with Crippen LogP contribution in [0, 0.1) is 5.92 Å². The van der Waals surface area contributed by atoms with Gasteiger partial charge < -0.3 is 10.2 Å². The summed E-state index contributed by atoms with van der Waals surface area (Å²) in [5.41, 5.74) is -0.654. The maximum absolute atomic E-state index is 12.8. The molecule has 0 radical (unpaired) electrons. The van der Waals surface area contributed by atoms with E-state index in [4.69, 9.17) is 0 Å². The van der Waals surface area contributed by atoms with Crippen LogP contribution >= 0.6 is 11.8 Å². The first-order valence-corrected chi connectivity index (χ1v) is 9.28. The van der Waals surface area contributed by atoms with E-state index in [1.54, 1.807) is 0 Å². The van der Waals surface area contributed by atoms with Gasteiger partial charge in [0.25, 0.3) is 0 Å². The highest BCUT2D eigenvalue weighted by molar-refractivity contribution is 7.99. The van der Waals surface area contributed by atoms with Gasteiger partial charge in [-0.2, -0.15) is 11.8 Å². The molecule has 1 unspecified atom stereocenters. The number of nitrogens with zero attached hydrogens (tertiary/aromatic N) is 1. The lowest BCUT2D eigenvalue weighted by atomic mass is 9.84. The molecule has 1 aliphatic rings. The standard InChI is InChI=1S/C16H30N2O2S/c1-6-16(7-2)15(20)17-13(11-12(4)5)14(19)18(16)9-10-21-8-3/h12-13H,6-11H2,1-5H3,(H,17,20). The van der Waals surface area contributed by atoms with E-state index in [2.05, 4.69) is 26.1 Å². The summed E-state index contributed by atoms with van der Waals surface area (Å²) in [6, 6.07) is -0.352. The molecule has 0 saturated carbocycles. The summed E-state index contributed by atoms with van der Waals surface area (Å²) in [6.45, 7) is 10.9. The van der Waals surface area contributed by atoms with Gasteiger partial charge in [-0.3, -0.25) is 9.59 Å². The van der Waals surface area contributed by atoms with Crippen LogP contribution in [0.5, 0.6) is 0 Å². The summed E-state index contributed by atoms with van der Waals surface area (Å²) in [6.07, 6.45) is 2.06. The molecule has 1 heterocycles. The SMILES string of the molecule is CCSCCN1C(=O)C(CC(C)C)NC(=O)C1(CC)CC. The lowest BCUT2D eigenvalue weighted by Gasteiger charge is -2.48. The molecule has 0 spiro atoms. The van der Waals surface area contributed by atoms with Gasteiger partial charge in [0.15, 0.2) is 0 Å². The van der Waals surface area contributed by atoms with Gasteiger partial charge in [0.05, 0.1) is 0 Å². The number of carbonyl (C=O) groups is 2. The van der Waals surface area contributed by atoms with Crippen molar-refractivity contribution < 1.29 is 9.59 Å². The summed E-state index contributed by atoms with van der Waals surface area (Å²) in [7, 11) is 0. The van der Waals surface area contributed by atoms with Crippen molar-refractivity contribution in [2.45, 2.75) is 65.5 Å². The van der Waals surface area contributed by atoms with Crippen LogP contribution < -0.4 is 5.32 Å². The average Bonchev–Trinajstić information content (AvgIpc) is 2.44. The number of hydrogen-bond donors (Lipinski definition) is 1. The molecule has 4 nitrogen and oxygen atoms in total. The van der Waals surface area contributed by atoms with Gasteiger partial charge in [-0.25, -0.2) is 0 Å². The van der Waals surface area contributed by atoms with Crippen molar-refractivity contribution in [3.63, 3.8) is 0 Å². The molecular weight excluding hydrogens is 284 g/mol. The Morgan fingerprint density at radius 3 is 2.33 bits per heavy atom. The molecular formula is C16H30N2O2S. The third-order valence-corrected chi connectivity index (χ3v) is 5.23. The molecule has 0 aliphatic carbocycles. The molecule has 0 bridgehead atoms. The molecule has 1 saturated heterocycles. The minimum Gasteiger partial charge on any atom is -0.342 e. The molecule has 2 amide bonds. The summed E-state index contributed by atoms with van der Waals surface area (Å²) in [5.74, 6) is 2.45. The molecule has 1 fully saturated rings. The fraction of sp³-hybridized carbons (Fsp3) is 0.875. The van der Waals surface area contributed by atoms with E-state index >= 15 is 0 Å². The first-order chi connectivity index (χ1) is 9.92. The third-order valence-electron chi connectivity index (χ3n) is 4.35. The lowest BCUT2D eigenvalue weighted by molar-refractivity contribution is -0.158. The van der Waals surface area contributed by atoms with Crippen LogP contribution in [0.1, 0.15) is 53.9 Å². The Kier molecular flexibility index (Phi) is 7.04. The van der Waals surface area contributed by atoms with E-state index in [1.807, 2.05) is 30.5 Å². The van der Waals surface area contributed by atoms with Crippen molar-refractivity contribution >= 4 is 23.6 Å². The van der Waals surface area contributed by atoms with Crippen molar-refractivity contribution in [3.8, 4) is 0 Å². The van der Waals surface area contributed by atoms with Crippen LogP contribution in [0.15, 0.2) is 0 Å². The maximum Gasteiger partial charge on any atom is 0.246 e. The zero-order chi connectivity index (χ0) is 16.0. The molecule has 1 aliphatic heterocycles. The number of amides is 2. The number of thioether (sulfide) groups is 1. The van der Waals surface area contributed by atoms with E-state index in [0.717, 1.165) is 11.5 Å². The molecule has 1 rings (SSSR count). The van der Waals surface area contributed by atoms with Gasteiger partial charge in [-0.05, 0) is 30.9 Å². The van der Waals surface area contributed by atoms with E-state index in [1.165, 1.54) is 0 Å². The monoisotopic (exact) mass is 314 g/mol. The zero-order valence-corrected chi connectivity index (χ0v) is 14.9. The van der Waals surface area contributed by atoms with Crippen LogP contribution in [-0.4, -0.2) is 46.3 Å². The van der Waals surface area contributed by atoms with Crippen LogP contribution in [0.25, 0.3) is 0 Å². The average molecular weight is 314 g/mol. The number of nitrogens with one attached hydrogen (secondary N) is 1. The van der Waals surface area contributed by atoms with Crippen LogP contribution in [0.3, 0.4) is 0 Å². The topological polar surface area (TPSA) is 49.4 Å². The van der Waals surface area contributed by atoms with Crippen LogP contribution in [0.2, 0.25) is 0 Å². The van der Waals surface area contributed by atoms with E-state index in [0.29, 0.717) is 31.7 Å². The maximum atomic E-state index is 12.8. The smallest absolute Gasteiger partial charge is 0.246 e. The Bertz CT molecular complexity index is 367. The van der Waals surface area contributed by atoms with Crippen molar-refractivity contribution in [1.29, 1.82) is 0 Å². The minimum atomic E-state index is -0.654. The van der Waals surface area contributed by atoms with Crippen LogP contribution in [-0.2, 0) is 9.59 Å². The molecule has 122 valence electrons. The summed E-state index contributed by atoms with van der Waals surface area (Å²) >= 11 is 1.82. The van der Waals surface area contributed by atoms with Gasteiger partial charge in [0, 0.05) is 12.3 Å². The Labute approximate surface area is 133 Å². The first-order valence-electron chi connectivity index (χ1n) is 8.13. The second-order valence-electron chi connectivity index (χ2n) is 6.08. The number of hydrogen-bond acceptors (Lipinski definition) is 3. The van der Waals surface area contributed by atoms with E-state index in [-0.39, 0.29) is 17.9 Å². The molecule has 0 aromatic carbocycles. The second kappa shape index (κ2) is 8.06. The van der Waals surface area contributed by atoms with Crippen molar-refractivity contribution in [3.05, 3.63) is 0 Å². The fourth-order valence-corrected chi connectivity index (χ4v) is 3.68. The highest BCUT2D eigenvalue weighted by Gasteiger charge is 2.49. The Balaban J connectivity index is 2.99. The second-order valence-corrected chi connectivity index (χ2v) is 7.47. The predicted molar refractivity (Wildman–Crippen MR) is 89.4 cm³/mol. The number of rotatable bonds is 8. The molecule has 0 aromatic rings. The fourth-order valence-electron chi connectivity index (χ4n) is 3.08. The van der Waals surface area contributed by atoms with Gasteiger partial charge in [0.1, 0.15) is 11.6 Å². The Morgan fingerprint density at radius 1 is 1.24 bits per heavy atom. The summed E-state index contributed by atoms with van der Waals surface area (Å²) in [4.78, 5) is 27.3. The van der Waals surface area contributed by atoms with E-state index in [9.17, 15) is 9.59 Å². The molecule has 21 heavy (non-hydrogen) atoms. The number of carbonyl (C=O) groups excluding carboxylic acids is 2. The third kappa shape index (κ3) is 3.93. The van der Waals surface area contributed by atoms with Crippen LogP contribution in [0.4, 0.5) is 0 Å². The van der Waals surface area contributed by atoms with Crippen molar-refractivity contribution in [1.82, 2.24) is 10.2 Å². The minimum absolute atomic E-state index is 0.0271. The summed E-state index contributed by atoms with van der Waals surface area (Å²) < 4.78 is 0. The Morgan fingerprint density at radius 2 is 1.86 bits per heavy atom. The predicted octanol–water partition coefficient (Wildman–Crippen LogP) is 2.67. The highest BCUT2D eigenvalue weighted by atomic mass is 32.2.